The first-order valence-corrected chi connectivity index (χ1v) is 16.6. The Balaban J connectivity index is 0.000000336. The van der Waals surface area contributed by atoms with Crippen molar-refractivity contribution in [1.82, 2.24) is 14.1 Å². The Kier molecular flexibility index (Phi) is 11.0. The van der Waals surface area contributed by atoms with Gasteiger partial charge in [-0.25, -0.2) is 22.0 Å². The van der Waals surface area contributed by atoms with Crippen molar-refractivity contribution in [2.24, 2.45) is 5.14 Å². The molecule has 0 unspecified atom stereocenters. The molecule has 12 heteroatoms. The summed E-state index contributed by atoms with van der Waals surface area (Å²) in [5.74, 6) is 1.51. The third-order valence-corrected chi connectivity index (χ3v) is 10.8. The fourth-order valence-corrected chi connectivity index (χ4v) is 7.13. The molecule has 0 aliphatic carbocycles. The number of benzene rings is 2. The molecule has 10 nitrogen and oxygen atoms in total. The lowest BCUT2D eigenvalue weighted by Gasteiger charge is -2.43. The van der Waals surface area contributed by atoms with E-state index in [0.717, 1.165) is 22.6 Å². The zero-order chi connectivity index (χ0) is 29.7. The Morgan fingerprint density at radius 2 is 1.07 bits per heavy atom. The molecule has 2 N–H and O–H groups in total. The van der Waals surface area contributed by atoms with Crippen LogP contribution < -0.4 is 14.6 Å². The number of primary sulfonamides is 1. The lowest BCUT2D eigenvalue weighted by Crippen LogP contribution is -2.59. The predicted octanol–water partition coefficient (Wildman–Crippen LogP) is 2.50. The van der Waals surface area contributed by atoms with E-state index < -0.39 is 20.0 Å². The van der Waals surface area contributed by atoms with Crippen LogP contribution in [0.15, 0.2) is 48.5 Å². The van der Waals surface area contributed by atoms with Gasteiger partial charge in [-0.3, -0.25) is 9.80 Å². The smallest absolute Gasteiger partial charge is 0.220 e. The molecule has 0 amide bonds. The highest BCUT2D eigenvalue weighted by Gasteiger charge is 2.41. The third-order valence-electron chi connectivity index (χ3n) is 7.49. The Labute approximate surface area is 240 Å². The molecule has 0 spiro atoms. The van der Waals surface area contributed by atoms with Crippen LogP contribution in [0.25, 0.3) is 0 Å². The van der Waals surface area contributed by atoms with Gasteiger partial charge in [0.05, 0.1) is 14.2 Å². The van der Waals surface area contributed by atoms with Gasteiger partial charge < -0.3 is 9.47 Å². The van der Waals surface area contributed by atoms with Crippen molar-refractivity contribution >= 4 is 20.0 Å². The minimum atomic E-state index is -3.43. The van der Waals surface area contributed by atoms with E-state index in [2.05, 4.69) is 23.6 Å². The fourth-order valence-electron chi connectivity index (χ4n) is 4.49. The monoisotopic (exact) mass is 596 g/mol. The van der Waals surface area contributed by atoms with Crippen LogP contribution in [0.2, 0.25) is 0 Å². The topological polar surface area (TPSA) is 122 Å². The average molecular weight is 597 g/mol. The summed E-state index contributed by atoms with van der Waals surface area (Å²) in [6, 6.07) is 15.9. The number of nitrogens with zero attached hydrogens (tertiary/aromatic N) is 3. The molecule has 0 atom stereocenters. The number of hydrogen-bond acceptors (Lipinski definition) is 8. The van der Waals surface area contributed by atoms with Crippen molar-refractivity contribution in [1.29, 1.82) is 0 Å². The number of nitrogens with two attached hydrogens (primary N) is 1. The van der Waals surface area contributed by atoms with Crippen molar-refractivity contribution in [3.05, 3.63) is 59.7 Å². The lowest BCUT2D eigenvalue weighted by molar-refractivity contribution is 0.138. The number of likely N-dealkylation sites (tertiary alicyclic amines) is 2. The molecule has 2 aliphatic rings. The normalized spacial score (nSPS) is 17.4. The van der Waals surface area contributed by atoms with Crippen LogP contribution in [0.1, 0.15) is 38.8 Å². The van der Waals surface area contributed by atoms with E-state index in [0.29, 0.717) is 51.4 Å². The maximum Gasteiger partial charge on any atom is 0.220 e. The third kappa shape index (κ3) is 8.40. The number of sulfonamides is 2. The van der Waals surface area contributed by atoms with Gasteiger partial charge in [-0.1, -0.05) is 24.3 Å². The van der Waals surface area contributed by atoms with Crippen LogP contribution in [0.3, 0.4) is 0 Å². The Morgan fingerprint density at radius 1 is 0.725 bits per heavy atom. The molecular formula is C28H44N4O6S2. The minimum Gasteiger partial charge on any atom is -0.497 e. The van der Waals surface area contributed by atoms with Crippen LogP contribution in [0.4, 0.5) is 0 Å². The fraction of sp³-hybridized carbons (Fsp3) is 0.571. The molecule has 224 valence electrons. The molecule has 0 aromatic heterocycles. The van der Waals surface area contributed by atoms with E-state index in [-0.39, 0.29) is 10.5 Å². The number of ether oxygens (including phenoxy) is 2. The summed E-state index contributed by atoms with van der Waals surface area (Å²) in [4.78, 5) is 4.26. The predicted molar refractivity (Wildman–Crippen MR) is 158 cm³/mol. The van der Waals surface area contributed by atoms with Crippen molar-refractivity contribution in [3.8, 4) is 11.5 Å². The van der Waals surface area contributed by atoms with Gasteiger partial charge >= 0.3 is 0 Å². The highest BCUT2D eigenvalue weighted by Crippen LogP contribution is 2.26. The van der Waals surface area contributed by atoms with E-state index in [1.807, 2.05) is 62.4 Å². The number of methoxy groups -OCH3 is 2. The quantitative estimate of drug-likeness (QED) is 0.420. The van der Waals surface area contributed by atoms with Crippen molar-refractivity contribution < 1.29 is 26.3 Å². The second-order valence-corrected chi connectivity index (χ2v) is 15.0. The summed E-state index contributed by atoms with van der Waals surface area (Å²) in [5.41, 5.74) is 1.87. The second kappa shape index (κ2) is 13.6. The average Bonchev–Trinajstić information content (AvgIpc) is 2.81. The van der Waals surface area contributed by atoms with Crippen LogP contribution in [0, 0.1) is 0 Å². The molecule has 4 rings (SSSR count). The molecule has 2 aromatic rings. The van der Waals surface area contributed by atoms with Crippen LogP contribution in [-0.4, -0.2) is 93.9 Å². The molecule has 2 aromatic carbocycles. The van der Waals surface area contributed by atoms with Gasteiger partial charge in [-0.2, -0.15) is 4.31 Å². The Morgan fingerprint density at radius 3 is 1.38 bits per heavy atom. The van der Waals surface area contributed by atoms with E-state index in [1.165, 1.54) is 0 Å². The van der Waals surface area contributed by atoms with Crippen molar-refractivity contribution in [2.45, 2.75) is 63.4 Å². The van der Waals surface area contributed by atoms with Gasteiger partial charge in [-0.15, -0.1) is 0 Å². The highest BCUT2D eigenvalue weighted by molar-refractivity contribution is 7.90. The first-order chi connectivity index (χ1) is 18.7. The molecule has 0 saturated carbocycles. The van der Waals surface area contributed by atoms with Crippen molar-refractivity contribution in [2.75, 3.05) is 40.4 Å². The van der Waals surface area contributed by atoms with E-state index in [1.54, 1.807) is 18.5 Å². The van der Waals surface area contributed by atoms with Gasteiger partial charge in [0, 0.05) is 51.4 Å². The van der Waals surface area contributed by atoms with E-state index in [4.69, 9.17) is 14.6 Å². The van der Waals surface area contributed by atoms with Gasteiger partial charge in [0.25, 0.3) is 0 Å². The minimum absolute atomic E-state index is 0.329. The Hall–Kier alpha value is -2.22. The molecule has 2 heterocycles. The summed E-state index contributed by atoms with van der Waals surface area (Å²) < 4.78 is 60.3. The summed E-state index contributed by atoms with van der Waals surface area (Å²) in [6.45, 7) is 11.3. The van der Waals surface area contributed by atoms with Gasteiger partial charge in [-0.05, 0) is 63.1 Å². The first kappa shape index (κ1) is 32.3. The molecule has 2 fully saturated rings. The van der Waals surface area contributed by atoms with Crippen LogP contribution >= 0.6 is 0 Å². The maximum atomic E-state index is 13.4. The zero-order valence-corrected chi connectivity index (χ0v) is 26.0. The van der Waals surface area contributed by atoms with Crippen molar-refractivity contribution in [3.63, 3.8) is 0 Å². The van der Waals surface area contributed by atoms with Crippen LogP contribution in [0.5, 0.6) is 11.5 Å². The molecule has 2 aliphatic heterocycles. The summed E-state index contributed by atoms with van der Waals surface area (Å²) in [7, 11) is -3.47. The lowest BCUT2D eigenvalue weighted by atomic mass is 10.1. The SMILES string of the molecule is CC(C)N1CC(S(N)(=O)=O)C1.COc1ccc(CN(Cc2ccc(OC)cc2)S(=O)(=O)C2CN(C(C)C)C2)cc1. The van der Waals surface area contributed by atoms with Gasteiger partial charge in [0.15, 0.2) is 0 Å². The summed E-state index contributed by atoms with van der Waals surface area (Å²) in [6.07, 6.45) is 0. The summed E-state index contributed by atoms with van der Waals surface area (Å²) >= 11 is 0. The standard InChI is InChI=1S/C22H30N2O4S.C6H14N2O2S/c1-17(2)23-15-22(16-23)29(25,26)24(13-18-5-9-20(27-3)10-6-18)14-19-7-11-21(28-4)12-8-19;1-5(2)8-3-6(4-8)11(7,9)10/h5-12,17,22H,13-16H2,1-4H3;5-6H,3-4H2,1-2H3,(H2,7,9,10). The molecule has 0 radical (unpaired) electrons. The summed E-state index contributed by atoms with van der Waals surface area (Å²) in [5, 5.41) is 4.26. The van der Waals surface area contributed by atoms with Crippen LogP contribution in [-0.2, 0) is 33.1 Å². The largest absolute Gasteiger partial charge is 0.497 e. The van der Waals surface area contributed by atoms with Gasteiger partial charge in [0.1, 0.15) is 22.0 Å². The molecule has 40 heavy (non-hydrogen) atoms. The maximum absolute atomic E-state index is 13.4. The second-order valence-electron chi connectivity index (χ2n) is 10.9. The molecule has 2 saturated heterocycles. The van der Waals surface area contributed by atoms with E-state index >= 15 is 0 Å². The first-order valence-electron chi connectivity index (χ1n) is 13.5. The molecular weight excluding hydrogens is 552 g/mol. The number of rotatable bonds is 11. The Bertz CT molecular complexity index is 1240. The van der Waals surface area contributed by atoms with E-state index in [9.17, 15) is 16.8 Å². The number of hydrogen-bond donors (Lipinski definition) is 1. The zero-order valence-electron chi connectivity index (χ0n) is 24.4. The molecule has 0 bridgehead atoms. The van der Waals surface area contributed by atoms with Gasteiger partial charge in [0.2, 0.25) is 20.0 Å². The highest BCUT2D eigenvalue weighted by atomic mass is 32.2.